The molecule has 0 bridgehead atoms. The van der Waals surface area contributed by atoms with Crippen LogP contribution in [0.25, 0.3) is 22.8 Å². The quantitative estimate of drug-likeness (QED) is 0.727. The maximum absolute atomic E-state index is 12.9. The predicted molar refractivity (Wildman–Crippen MR) is 76.7 cm³/mol. The summed E-state index contributed by atoms with van der Waals surface area (Å²) in [5.41, 5.74) is 1.35. The fourth-order valence-electron chi connectivity index (χ4n) is 1.86. The van der Waals surface area contributed by atoms with Crippen LogP contribution in [0.3, 0.4) is 0 Å². The van der Waals surface area contributed by atoms with Crippen LogP contribution in [-0.2, 0) is 0 Å². The summed E-state index contributed by atoms with van der Waals surface area (Å²) in [4.78, 5) is 4.28. The smallest absolute Gasteiger partial charge is 0.258 e. The number of methoxy groups -OCH3 is 1. The first-order chi connectivity index (χ1) is 10.2. The van der Waals surface area contributed by atoms with Crippen molar-refractivity contribution in [3.8, 4) is 28.6 Å². The Labute approximate surface area is 125 Å². The normalized spacial score (nSPS) is 10.6. The molecule has 0 atom stereocenters. The van der Waals surface area contributed by atoms with E-state index in [9.17, 15) is 4.39 Å². The van der Waals surface area contributed by atoms with E-state index in [2.05, 4.69) is 10.1 Å². The molecule has 3 aromatic rings. The lowest BCUT2D eigenvalue weighted by Gasteiger charge is -2.02. The molecule has 0 unspecified atom stereocenters. The van der Waals surface area contributed by atoms with Gasteiger partial charge in [0.2, 0.25) is 5.82 Å². The van der Waals surface area contributed by atoms with E-state index in [0.29, 0.717) is 33.6 Å². The molecule has 21 heavy (non-hydrogen) atoms. The molecule has 0 saturated heterocycles. The van der Waals surface area contributed by atoms with Gasteiger partial charge in [0.05, 0.1) is 12.1 Å². The molecule has 0 aliphatic carbocycles. The van der Waals surface area contributed by atoms with E-state index in [1.165, 1.54) is 12.1 Å². The SMILES string of the molecule is COc1ccc(-c2nc(-c3ccc(F)cc3)no2)cc1Cl. The fraction of sp³-hybridized carbons (Fsp3) is 0.0667. The van der Waals surface area contributed by atoms with Crippen molar-refractivity contribution >= 4 is 11.6 Å². The second-order valence-electron chi connectivity index (χ2n) is 4.28. The maximum Gasteiger partial charge on any atom is 0.258 e. The molecular formula is C15H10ClFN2O2. The van der Waals surface area contributed by atoms with Crippen LogP contribution in [0.4, 0.5) is 4.39 Å². The van der Waals surface area contributed by atoms with Crippen molar-refractivity contribution in [3.63, 3.8) is 0 Å². The zero-order chi connectivity index (χ0) is 14.8. The van der Waals surface area contributed by atoms with Crippen molar-refractivity contribution in [2.24, 2.45) is 0 Å². The van der Waals surface area contributed by atoms with Crippen LogP contribution in [0.1, 0.15) is 0 Å². The number of nitrogens with zero attached hydrogens (tertiary/aromatic N) is 2. The number of rotatable bonds is 3. The third-order valence-corrected chi connectivity index (χ3v) is 3.22. The first kappa shape index (κ1) is 13.6. The molecule has 0 fully saturated rings. The van der Waals surface area contributed by atoms with E-state index in [4.69, 9.17) is 20.9 Å². The monoisotopic (exact) mass is 304 g/mol. The Hall–Kier alpha value is -2.40. The van der Waals surface area contributed by atoms with Gasteiger partial charge < -0.3 is 9.26 Å². The van der Waals surface area contributed by atoms with Crippen molar-refractivity contribution in [3.05, 3.63) is 53.3 Å². The van der Waals surface area contributed by atoms with E-state index in [0.717, 1.165) is 0 Å². The second kappa shape index (κ2) is 5.54. The predicted octanol–water partition coefficient (Wildman–Crippen LogP) is 4.20. The summed E-state index contributed by atoms with van der Waals surface area (Å²) in [5, 5.41) is 4.34. The summed E-state index contributed by atoms with van der Waals surface area (Å²) in [6, 6.07) is 11.0. The lowest BCUT2D eigenvalue weighted by molar-refractivity contribution is 0.414. The third-order valence-electron chi connectivity index (χ3n) is 2.93. The van der Waals surface area contributed by atoms with E-state index >= 15 is 0 Å². The standard InChI is InChI=1S/C15H10ClFN2O2/c1-20-13-7-4-10(8-12(13)16)15-18-14(19-21-15)9-2-5-11(17)6-3-9/h2-8H,1H3. The Morgan fingerprint density at radius 2 is 1.81 bits per heavy atom. The van der Waals surface area contributed by atoms with Crippen LogP contribution in [-0.4, -0.2) is 17.3 Å². The minimum absolute atomic E-state index is 0.315. The lowest BCUT2D eigenvalue weighted by atomic mass is 10.2. The number of hydrogen-bond acceptors (Lipinski definition) is 4. The van der Waals surface area contributed by atoms with E-state index < -0.39 is 0 Å². The molecule has 0 saturated carbocycles. The van der Waals surface area contributed by atoms with Gasteiger partial charge in [0.15, 0.2) is 0 Å². The Morgan fingerprint density at radius 1 is 1.10 bits per heavy atom. The van der Waals surface area contributed by atoms with Gasteiger partial charge in [-0.15, -0.1) is 0 Å². The highest BCUT2D eigenvalue weighted by Gasteiger charge is 2.12. The fourth-order valence-corrected chi connectivity index (χ4v) is 2.11. The zero-order valence-electron chi connectivity index (χ0n) is 11.0. The van der Waals surface area contributed by atoms with Crippen molar-refractivity contribution in [1.29, 1.82) is 0 Å². The lowest BCUT2D eigenvalue weighted by Crippen LogP contribution is -1.85. The van der Waals surface area contributed by atoms with Crippen LogP contribution in [0, 0.1) is 5.82 Å². The van der Waals surface area contributed by atoms with Gasteiger partial charge in [-0.25, -0.2) is 4.39 Å². The van der Waals surface area contributed by atoms with E-state index in [-0.39, 0.29) is 5.82 Å². The van der Waals surface area contributed by atoms with Gasteiger partial charge >= 0.3 is 0 Å². The van der Waals surface area contributed by atoms with Gasteiger partial charge in [-0.05, 0) is 42.5 Å². The van der Waals surface area contributed by atoms with E-state index in [1.54, 1.807) is 37.4 Å². The van der Waals surface area contributed by atoms with Crippen molar-refractivity contribution in [2.75, 3.05) is 7.11 Å². The van der Waals surface area contributed by atoms with Gasteiger partial charge in [0, 0.05) is 11.1 Å². The van der Waals surface area contributed by atoms with Crippen LogP contribution in [0.2, 0.25) is 5.02 Å². The molecular weight excluding hydrogens is 295 g/mol. The molecule has 1 aromatic heterocycles. The number of benzene rings is 2. The Morgan fingerprint density at radius 3 is 2.48 bits per heavy atom. The molecule has 0 amide bonds. The van der Waals surface area contributed by atoms with Crippen molar-refractivity contribution < 1.29 is 13.7 Å². The van der Waals surface area contributed by atoms with Crippen LogP contribution >= 0.6 is 11.6 Å². The summed E-state index contributed by atoms with van der Waals surface area (Å²) >= 11 is 6.06. The van der Waals surface area contributed by atoms with Gasteiger partial charge in [0.25, 0.3) is 5.89 Å². The second-order valence-corrected chi connectivity index (χ2v) is 4.69. The van der Waals surface area contributed by atoms with Crippen LogP contribution < -0.4 is 4.74 Å². The molecule has 6 heteroatoms. The van der Waals surface area contributed by atoms with Gasteiger partial charge in [-0.1, -0.05) is 16.8 Å². The van der Waals surface area contributed by atoms with Crippen molar-refractivity contribution in [1.82, 2.24) is 10.1 Å². The first-order valence-corrected chi connectivity index (χ1v) is 6.49. The molecule has 0 spiro atoms. The molecule has 1 heterocycles. The molecule has 106 valence electrons. The average Bonchev–Trinajstić information content (AvgIpc) is 2.98. The first-order valence-electron chi connectivity index (χ1n) is 6.11. The summed E-state index contributed by atoms with van der Waals surface area (Å²) < 4.78 is 23.2. The van der Waals surface area contributed by atoms with E-state index in [1.807, 2.05) is 0 Å². The molecule has 0 radical (unpaired) electrons. The number of aromatic nitrogens is 2. The molecule has 3 rings (SSSR count). The third kappa shape index (κ3) is 2.73. The van der Waals surface area contributed by atoms with Crippen molar-refractivity contribution in [2.45, 2.75) is 0 Å². The van der Waals surface area contributed by atoms with Gasteiger partial charge in [-0.2, -0.15) is 4.98 Å². The van der Waals surface area contributed by atoms with Gasteiger partial charge in [-0.3, -0.25) is 0 Å². The highest BCUT2D eigenvalue weighted by molar-refractivity contribution is 6.32. The largest absolute Gasteiger partial charge is 0.495 e. The Balaban J connectivity index is 1.94. The summed E-state index contributed by atoms with van der Waals surface area (Å²) in [7, 11) is 1.54. The minimum Gasteiger partial charge on any atom is -0.495 e. The average molecular weight is 305 g/mol. The highest BCUT2D eigenvalue weighted by Crippen LogP contribution is 2.30. The zero-order valence-corrected chi connectivity index (χ0v) is 11.8. The summed E-state index contributed by atoms with van der Waals surface area (Å²) in [6.07, 6.45) is 0. The maximum atomic E-state index is 12.9. The molecule has 2 aromatic carbocycles. The molecule has 0 aliphatic heterocycles. The van der Waals surface area contributed by atoms with Crippen LogP contribution in [0.5, 0.6) is 5.75 Å². The Kier molecular flexibility index (Phi) is 3.58. The number of halogens is 2. The summed E-state index contributed by atoms with van der Waals surface area (Å²) in [5.74, 6) is 0.971. The number of hydrogen-bond donors (Lipinski definition) is 0. The highest BCUT2D eigenvalue weighted by atomic mass is 35.5. The minimum atomic E-state index is -0.315. The summed E-state index contributed by atoms with van der Waals surface area (Å²) in [6.45, 7) is 0. The molecule has 0 aliphatic rings. The topological polar surface area (TPSA) is 48.2 Å². The Bertz CT molecular complexity index is 772. The van der Waals surface area contributed by atoms with Gasteiger partial charge in [0.1, 0.15) is 11.6 Å². The molecule has 0 N–H and O–H groups in total. The number of ether oxygens (including phenoxy) is 1. The molecule has 4 nitrogen and oxygen atoms in total. The van der Waals surface area contributed by atoms with Crippen LogP contribution in [0.15, 0.2) is 47.0 Å².